The quantitative estimate of drug-likeness (QED) is 0.822. The van der Waals surface area contributed by atoms with Gasteiger partial charge in [-0.1, -0.05) is 12.1 Å². The first-order chi connectivity index (χ1) is 13.1. The lowest BCUT2D eigenvalue weighted by Crippen LogP contribution is -2.52. The van der Waals surface area contributed by atoms with Crippen molar-refractivity contribution in [3.05, 3.63) is 30.1 Å². The van der Waals surface area contributed by atoms with Gasteiger partial charge in [0, 0.05) is 13.5 Å². The highest BCUT2D eigenvalue weighted by Crippen LogP contribution is 2.34. The number of aryl methyl sites for hydroxylation is 1. The Morgan fingerprint density at radius 1 is 1.36 bits per heavy atom. The number of nitrogens with one attached hydrogen (secondary N) is 2. The van der Waals surface area contributed by atoms with Crippen LogP contribution < -0.4 is 10.6 Å². The van der Waals surface area contributed by atoms with Crippen molar-refractivity contribution in [1.82, 2.24) is 20.2 Å². The molecule has 3 rings (SSSR count). The molecule has 0 unspecified atom stereocenters. The highest BCUT2D eigenvalue weighted by molar-refractivity contribution is 5.87. The van der Waals surface area contributed by atoms with Gasteiger partial charge in [0.1, 0.15) is 23.0 Å². The molecule has 1 aromatic heterocycles. The summed E-state index contributed by atoms with van der Waals surface area (Å²) in [6.07, 6.45) is 0.715. The molecule has 8 nitrogen and oxygen atoms in total. The second kappa shape index (κ2) is 7.15. The Balaban J connectivity index is 1.82. The van der Waals surface area contributed by atoms with E-state index in [4.69, 9.17) is 4.74 Å². The maximum absolute atomic E-state index is 12.8. The van der Waals surface area contributed by atoms with Crippen molar-refractivity contribution in [3.8, 4) is 6.07 Å². The summed E-state index contributed by atoms with van der Waals surface area (Å²) in [5.74, 6) is 0.233. The maximum Gasteiger partial charge on any atom is 0.408 e. The Morgan fingerprint density at radius 2 is 2.04 bits per heavy atom. The van der Waals surface area contributed by atoms with Crippen molar-refractivity contribution in [3.63, 3.8) is 0 Å². The normalized spacial score (nSPS) is 16.1. The van der Waals surface area contributed by atoms with Gasteiger partial charge in [0.05, 0.1) is 17.1 Å². The number of nitriles is 1. The van der Waals surface area contributed by atoms with Crippen LogP contribution in [0.5, 0.6) is 0 Å². The second-order valence-electron chi connectivity index (χ2n) is 8.16. The van der Waals surface area contributed by atoms with Crippen LogP contribution in [-0.2, 0) is 23.0 Å². The molecule has 2 amide bonds. The van der Waals surface area contributed by atoms with Crippen LogP contribution in [0.15, 0.2) is 24.3 Å². The molecule has 0 bridgehead atoms. The highest BCUT2D eigenvalue weighted by atomic mass is 16.6. The highest BCUT2D eigenvalue weighted by Gasteiger charge is 2.46. The number of carbonyl (C=O) groups is 2. The molecule has 1 aliphatic rings. The van der Waals surface area contributed by atoms with Crippen molar-refractivity contribution in [2.45, 2.75) is 57.2 Å². The zero-order valence-electron chi connectivity index (χ0n) is 16.6. The number of hydrogen-bond donors (Lipinski definition) is 2. The Morgan fingerprint density at radius 3 is 2.61 bits per heavy atom. The van der Waals surface area contributed by atoms with Crippen LogP contribution in [0, 0.1) is 11.3 Å². The van der Waals surface area contributed by atoms with Crippen molar-refractivity contribution in [1.29, 1.82) is 5.26 Å². The number of imidazole rings is 1. The monoisotopic (exact) mass is 383 g/mol. The lowest BCUT2D eigenvalue weighted by molar-refractivity contribution is -0.123. The van der Waals surface area contributed by atoms with Crippen LogP contribution in [0.3, 0.4) is 0 Å². The van der Waals surface area contributed by atoms with Gasteiger partial charge in [0.25, 0.3) is 0 Å². The number of para-hydroxylation sites is 2. The van der Waals surface area contributed by atoms with E-state index in [2.05, 4.69) is 21.7 Å². The summed E-state index contributed by atoms with van der Waals surface area (Å²) in [4.78, 5) is 29.7. The third-order valence-corrected chi connectivity index (χ3v) is 4.60. The third kappa shape index (κ3) is 4.42. The molecule has 1 atom stereocenters. The molecule has 1 aromatic carbocycles. The summed E-state index contributed by atoms with van der Waals surface area (Å²) >= 11 is 0. The molecule has 1 heterocycles. The average molecular weight is 383 g/mol. The second-order valence-corrected chi connectivity index (χ2v) is 8.16. The molecule has 1 saturated carbocycles. The first-order valence-corrected chi connectivity index (χ1v) is 9.26. The lowest BCUT2D eigenvalue weighted by atomic mass is 10.1. The molecule has 0 spiro atoms. The molecule has 2 aromatic rings. The van der Waals surface area contributed by atoms with Crippen LogP contribution in [0.1, 0.15) is 39.4 Å². The van der Waals surface area contributed by atoms with E-state index in [1.807, 2.05) is 35.9 Å². The van der Waals surface area contributed by atoms with Crippen molar-refractivity contribution >= 4 is 23.0 Å². The molecule has 0 radical (unpaired) electrons. The smallest absolute Gasteiger partial charge is 0.408 e. The Bertz CT molecular complexity index is 947. The number of nitrogens with zero attached hydrogens (tertiary/aromatic N) is 3. The van der Waals surface area contributed by atoms with Gasteiger partial charge in [0.2, 0.25) is 5.91 Å². The summed E-state index contributed by atoms with van der Waals surface area (Å²) in [6.45, 7) is 5.26. The van der Waals surface area contributed by atoms with Gasteiger partial charge in [0.15, 0.2) is 0 Å². The van der Waals surface area contributed by atoms with E-state index in [0.29, 0.717) is 18.7 Å². The average Bonchev–Trinajstić information content (AvgIpc) is 3.31. The van der Waals surface area contributed by atoms with E-state index >= 15 is 0 Å². The number of amides is 2. The topological polar surface area (TPSA) is 109 Å². The van der Waals surface area contributed by atoms with Gasteiger partial charge in [-0.25, -0.2) is 9.78 Å². The third-order valence-electron chi connectivity index (χ3n) is 4.60. The minimum Gasteiger partial charge on any atom is -0.444 e. The molecule has 1 aliphatic carbocycles. The van der Waals surface area contributed by atoms with Crippen molar-refractivity contribution in [2.75, 3.05) is 0 Å². The SMILES string of the molecule is Cn1c(C[C@H](NC(=O)OC(C)(C)C)C(=O)NC2(C#N)CC2)nc2ccccc21. The van der Waals surface area contributed by atoms with Crippen LogP contribution in [-0.4, -0.2) is 38.7 Å². The molecule has 0 aliphatic heterocycles. The number of fused-ring (bicyclic) bond motifs is 1. The summed E-state index contributed by atoms with van der Waals surface area (Å²) in [5, 5.41) is 14.6. The molecule has 148 valence electrons. The molecule has 0 saturated heterocycles. The standard InChI is InChI=1S/C20H25N5O3/c1-19(2,3)28-18(27)23-14(17(26)24-20(12-21)9-10-20)11-16-22-13-7-5-6-8-15(13)25(16)4/h5-8,14H,9-11H2,1-4H3,(H,23,27)(H,24,26)/t14-/m0/s1. The molecule has 8 heteroatoms. The number of ether oxygens (including phenoxy) is 1. The molecule has 28 heavy (non-hydrogen) atoms. The van der Waals surface area contributed by atoms with Gasteiger partial charge in [-0.3, -0.25) is 4.79 Å². The summed E-state index contributed by atoms with van der Waals surface area (Å²) in [6, 6.07) is 8.87. The van der Waals surface area contributed by atoms with Gasteiger partial charge >= 0.3 is 6.09 Å². The molecule has 2 N–H and O–H groups in total. The predicted octanol–water partition coefficient (Wildman–Crippen LogP) is 2.18. The first kappa shape index (κ1) is 19.7. The fraction of sp³-hybridized carbons (Fsp3) is 0.500. The van der Waals surface area contributed by atoms with Gasteiger partial charge in [-0.15, -0.1) is 0 Å². The van der Waals surface area contributed by atoms with Gasteiger partial charge in [-0.2, -0.15) is 5.26 Å². The zero-order chi connectivity index (χ0) is 20.5. The predicted molar refractivity (Wildman–Crippen MR) is 103 cm³/mol. The van der Waals surface area contributed by atoms with Crippen LogP contribution in [0.4, 0.5) is 4.79 Å². The number of hydrogen-bond acceptors (Lipinski definition) is 5. The van der Waals surface area contributed by atoms with Crippen molar-refractivity contribution < 1.29 is 14.3 Å². The largest absolute Gasteiger partial charge is 0.444 e. The van der Waals surface area contributed by atoms with E-state index in [9.17, 15) is 14.9 Å². The van der Waals surface area contributed by atoms with Crippen LogP contribution >= 0.6 is 0 Å². The fourth-order valence-corrected chi connectivity index (χ4v) is 2.93. The molecular formula is C20H25N5O3. The minimum atomic E-state index is -0.906. The summed E-state index contributed by atoms with van der Waals surface area (Å²) < 4.78 is 7.19. The zero-order valence-corrected chi connectivity index (χ0v) is 16.6. The number of benzene rings is 1. The minimum absolute atomic E-state index is 0.178. The number of aromatic nitrogens is 2. The van der Waals surface area contributed by atoms with Crippen molar-refractivity contribution in [2.24, 2.45) is 7.05 Å². The number of carbonyl (C=O) groups excluding carboxylic acids is 2. The van der Waals surface area contributed by atoms with Crippen LogP contribution in [0.25, 0.3) is 11.0 Å². The van der Waals surface area contributed by atoms with E-state index < -0.39 is 29.2 Å². The Labute approximate surface area is 163 Å². The van der Waals surface area contributed by atoms with Gasteiger partial charge < -0.3 is 19.9 Å². The van der Waals surface area contributed by atoms with E-state index in [-0.39, 0.29) is 6.42 Å². The number of rotatable bonds is 5. The van der Waals surface area contributed by atoms with E-state index in [1.54, 1.807) is 20.8 Å². The number of alkyl carbamates (subject to hydrolysis) is 1. The van der Waals surface area contributed by atoms with Crippen LogP contribution in [0.2, 0.25) is 0 Å². The molecule has 1 fully saturated rings. The lowest BCUT2D eigenvalue weighted by Gasteiger charge is -2.24. The summed E-state index contributed by atoms with van der Waals surface area (Å²) in [5.41, 5.74) is 0.238. The van der Waals surface area contributed by atoms with Gasteiger partial charge in [-0.05, 0) is 45.7 Å². The molecular weight excluding hydrogens is 358 g/mol. The maximum atomic E-state index is 12.8. The Hall–Kier alpha value is -3.08. The van der Waals surface area contributed by atoms with E-state index in [1.165, 1.54) is 0 Å². The fourth-order valence-electron chi connectivity index (χ4n) is 2.93. The summed E-state index contributed by atoms with van der Waals surface area (Å²) in [7, 11) is 1.87. The Kier molecular flexibility index (Phi) is 5.02. The van der Waals surface area contributed by atoms with E-state index in [0.717, 1.165) is 11.0 Å². The first-order valence-electron chi connectivity index (χ1n) is 9.26.